The second-order valence-electron chi connectivity index (χ2n) is 5.37. The van der Waals surface area contributed by atoms with Crippen LogP contribution < -0.4 is 0 Å². The zero-order valence-electron chi connectivity index (χ0n) is 12.9. The predicted molar refractivity (Wildman–Crippen MR) is 85.8 cm³/mol. The molecule has 116 valence electrons. The largest absolute Gasteiger partial charge is 0.479 e. The molecule has 0 aliphatic rings. The van der Waals surface area contributed by atoms with Crippen molar-refractivity contribution in [2.45, 2.75) is 5.60 Å². The highest BCUT2D eigenvalue weighted by atomic mass is 16.5. The number of carbonyl (C=O) groups is 1. The van der Waals surface area contributed by atoms with Crippen LogP contribution in [0, 0.1) is 0 Å². The Morgan fingerprint density at radius 1 is 1.00 bits per heavy atom. The van der Waals surface area contributed by atoms with Gasteiger partial charge in [-0.2, -0.15) is 0 Å². The molecule has 22 heavy (non-hydrogen) atoms. The van der Waals surface area contributed by atoms with E-state index in [1.165, 1.54) is 0 Å². The van der Waals surface area contributed by atoms with E-state index in [9.17, 15) is 9.90 Å². The highest BCUT2D eigenvalue weighted by molar-refractivity contribution is 5.84. The number of rotatable bonds is 7. The summed E-state index contributed by atoms with van der Waals surface area (Å²) in [5.74, 6) is -1.01. The molecule has 0 radical (unpaired) electrons. The topological polar surface area (TPSA) is 49.8 Å². The summed E-state index contributed by atoms with van der Waals surface area (Å²) >= 11 is 0. The van der Waals surface area contributed by atoms with E-state index < -0.39 is 11.6 Å². The van der Waals surface area contributed by atoms with Crippen LogP contribution in [0.15, 0.2) is 60.7 Å². The summed E-state index contributed by atoms with van der Waals surface area (Å²) < 4.78 is 5.93. The molecule has 0 aliphatic heterocycles. The molecule has 0 saturated carbocycles. The Kier molecular flexibility index (Phi) is 5.31. The minimum atomic E-state index is -1.49. The summed E-state index contributed by atoms with van der Waals surface area (Å²) in [6, 6.07) is 18.2. The normalized spacial score (nSPS) is 11.6. The zero-order chi connectivity index (χ0) is 16.0. The van der Waals surface area contributed by atoms with E-state index in [0.717, 1.165) is 0 Å². The van der Waals surface area contributed by atoms with Gasteiger partial charge in [0.25, 0.3) is 0 Å². The Morgan fingerprint density at radius 3 is 1.82 bits per heavy atom. The molecule has 0 heterocycles. The number of nitrogens with zero attached hydrogens (tertiary/aromatic N) is 1. The summed E-state index contributed by atoms with van der Waals surface area (Å²) in [6.45, 7) is 0.970. The Balaban J connectivity index is 2.48. The Labute approximate surface area is 131 Å². The van der Waals surface area contributed by atoms with Crippen molar-refractivity contribution in [2.75, 3.05) is 27.2 Å². The van der Waals surface area contributed by atoms with Gasteiger partial charge in [0, 0.05) is 6.54 Å². The first-order valence-corrected chi connectivity index (χ1v) is 7.20. The summed E-state index contributed by atoms with van der Waals surface area (Å²) in [5.41, 5.74) is -0.252. The lowest BCUT2D eigenvalue weighted by atomic mass is 9.86. The van der Waals surface area contributed by atoms with Gasteiger partial charge in [-0.25, -0.2) is 4.79 Å². The summed E-state index contributed by atoms with van der Waals surface area (Å²) in [4.78, 5) is 14.1. The smallest absolute Gasteiger partial charge is 0.345 e. The number of ether oxygens (including phenoxy) is 1. The van der Waals surface area contributed by atoms with Gasteiger partial charge in [0.2, 0.25) is 5.60 Å². The number of hydrogen-bond acceptors (Lipinski definition) is 3. The van der Waals surface area contributed by atoms with Gasteiger partial charge in [-0.05, 0) is 25.2 Å². The average Bonchev–Trinajstić information content (AvgIpc) is 2.53. The van der Waals surface area contributed by atoms with Gasteiger partial charge in [-0.15, -0.1) is 0 Å². The molecule has 0 aromatic heterocycles. The third-order valence-corrected chi connectivity index (χ3v) is 3.52. The van der Waals surface area contributed by atoms with Crippen LogP contribution in [0.4, 0.5) is 0 Å². The van der Waals surface area contributed by atoms with Gasteiger partial charge in [-0.1, -0.05) is 60.7 Å². The highest BCUT2D eigenvalue weighted by Gasteiger charge is 2.43. The molecule has 0 fully saturated rings. The van der Waals surface area contributed by atoms with Crippen LogP contribution in [0.5, 0.6) is 0 Å². The molecule has 0 amide bonds. The predicted octanol–water partition coefficient (Wildman–Crippen LogP) is 2.59. The molecule has 0 saturated heterocycles. The number of aliphatic carboxylic acids is 1. The van der Waals surface area contributed by atoms with Crippen molar-refractivity contribution in [2.24, 2.45) is 0 Å². The SMILES string of the molecule is CN(C)CCOC(C(=O)O)(c1ccccc1)c1ccccc1. The molecule has 0 bridgehead atoms. The molecule has 4 nitrogen and oxygen atoms in total. The molecule has 2 aromatic carbocycles. The lowest BCUT2D eigenvalue weighted by Gasteiger charge is -2.31. The van der Waals surface area contributed by atoms with Crippen molar-refractivity contribution in [1.82, 2.24) is 4.90 Å². The molecular formula is C18H21NO3. The van der Waals surface area contributed by atoms with E-state index in [0.29, 0.717) is 24.3 Å². The molecular weight excluding hydrogens is 278 g/mol. The van der Waals surface area contributed by atoms with E-state index in [1.807, 2.05) is 55.4 Å². The lowest BCUT2D eigenvalue weighted by Crippen LogP contribution is -2.41. The lowest BCUT2D eigenvalue weighted by molar-refractivity contribution is -0.162. The van der Waals surface area contributed by atoms with Crippen molar-refractivity contribution < 1.29 is 14.6 Å². The molecule has 4 heteroatoms. The molecule has 0 atom stereocenters. The van der Waals surface area contributed by atoms with Crippen LogP contribution in [0.25, 0.3) is 0 Å². The van der Waals surface area contributed by atoms with Crippen LogP contribution in [-0.4, -0.2) is 43.2 Å². The maximum atomic E-state index is 12.2. The summed E-state index contributed by atoms with van der Waals surface area (Å²) in [5, 5.41) is 9.96. The second-order valence-corrected chi connectivity index (χ2v) is 5.37. The van der Waals surface area contributed by atoms with Crippen molar-refractivity contribution in [3.05, 3.63) is 71.8 Å². The summed E-state index contributed by atoms with van der Waals surface area (Å²) in [6.07, 6.45) is 0. The van der Waals surface area contributed by atoms with Crippen LogP contribution >= 0.6 is 0 Å². The molecule has 0 spiro atoms. The standard InChI is InChI=1S/C18H21NO3/c1-19(2)13-14-22-18(17(20)21,15-9-5-3-6-10-15)16-11-7-4-8-12-16/h3-12H,13-14H2,1-2H3,(H,20,21). The number of carboxylic acids is 1. The quantitative estimate of drug-likeness (QED) is 0.854. The maximum Gasteiger partial charge on any atom is 0.345 e. The first-order chi connectivity index (χ1) is 10.6. The fraction of sp³-hybridized carbons (Fsp3) is 0.278. The Morgan fingerprint density at radius 2 is 1.45 bits per heavy atom. The van der Waals surface area contributed by atoms with Gasteiger partial charge in [0.05, 0.1) is 6.61 Å². The van der Waals surface area contributed by atoms with Crippen molar-refractivity contribution in [1.29, 1.82) is 0 Å². The third kappa shape index (κ3) is 3.35. The van der Waals surface area contributed by atoms with Crippen molar-refractivity contribution in [3.8, 4) is 0 Å². The van der Waals surface area contributed by atoms with Gasteiger partial charge in [0.1, 0.15) is 0 Å². The van der Waals surface area contributed by atoms with Gasteiger partial charge in [0.15, 0.2) is 0 Å². The minimum absolute atomic E-state index is 0.323. The number of benzene rings is 2. The monoisotopic (exact) mass is 299 g/mol. The number of carboxylic acid groups (broad SMARTS) is 1. The first kappa shape index (κ1) is 16.2. The second kappa shape index (κ2) is 7.20. The van der Waals surface area contributed by atoms with Crippen LogP contribution in [0.2, 0.25) is 0 Å². The van der Waals surface area contributed by atoms with E-state index >= 15 is 0 Å². The Bertz CT molecular complexity index is 557. The zero-order valence-corrected chi connectivity index (χ0v) is 12.9. The molecule has 1 N–H and O–H groups in total. The first-order valence-electron chi connectivity index (χ1n) is 7.20. The molecule has 2 rings (SSSR count). The molecule has 0 aliphatic carbocycles. The fourth-order valence-electron chi connectivity index (χ4n) is 2.37. The van der Waals surface area contributed by atoms with Crippen LogP contribution in [0.1, 0.15) is 11.1 Å². The number of hydrogen-bond donors (Lipinski definition) is 1. The average molecular weight is 299 g/mol. The van der Waals surface area contributed by atoms with Crippen LogP contribution in [-0.2, 0) is 15.1 Å². The van der Waals surface area contributed by atoms with Gasteiger partial charge < -0.3 is 14.7 Å². The van der Waals surface area contributed by atoms with E-state index in [4.69, 9.17) is 4.74 Å². The van der Waals surface area contributed by atoms with E-state index in [-0.39, 0.29) is 0 Å². The maximum absolute atomic E-state index is 12.2. The fourth-order valence-corrected chi connectivity index (χ4v) is 2.37. The van der Waals surface area contributed by atoms with E-state index in [1.54, 1.807) is 24.3 Å². The van der Waals surface area contributed by atoms with Crippen LogP contribution in [0.3, 0.4) is 0 Å². The summed E-state index contributed by atoms with van der Waals surface area (Å²) in [7, 11) is 3.85. The third-order valence-electron chi connectivity index (χ3n) is 3.52. The van der Waals surface area contributed by atoms with Crippen molar-refractivity contribution >= 4 is 5.97 Å². The number of likely N-dealkylation sites (N-methyl/N-ethyl adjacent to an activating group) is 1. The van der Waals surface area contributed by atoms with Gasteiger partial charge in [-0.3, -0.25) is 0 Å². The van der Waals surface area contributed by atoms with E-state index in [2.05, 4.69) is 0 Å². The molecule has 0 unspecified atom stereocenters. The van der Waals surface area contributed by atoms with Crippen molar-refractivity contribution in [3.63, 3.8) is 0 Å². The minimum Gasteiger partial charge on any atom is -0.479 e. The van der Waals surface area contributed by atoms with Gasteiger partial charge >= 0.3 is 5.97 Å². The highest BCUT2D eigenvalue weighted by Crippen LogP contribution is 2.34. The molecule has 2 aromatic rings. The Hall–Kier alpha value is -2.17.